The SMILES string of the molecule is COC(=O)C1CCC(C2=NOC3(CCN(C(=O)OC(C)(C)C)CC3)C2)CC1. The minimum atomic E-state index is -0.477. The molecule has 0 aromatic rings. The van der Waals surface area contributed by atoms with Crippen LogP contribution in [-0.2, 0) is 19.1 Å². The number of ether oxygens (including phenoxy) is 2. The van der Waals surface area contributed by atoms with E-state index in [9.17, 15) is 9.59 Å². The smallest absolute Gasteiger partial charge is 0.410 e. The van der Waals surface area contributed by atoms with Crippen molar-refractivity contribution < 1.29 is 23.9 Å². The van der Waals surface area contributed by atoms with Crippen LogP contribution >= 0.6 is 0 Å². The molecule has 0 aromatic heterocycles. The molecule has 0 atom stereocenters. The molecule has 7 heteroatoms. The Morgan fingerprint density at radius 3 is 2.33 bits per heavy atom. The van der Waals surface area contributed by atoms with Gasteiger partial charge in [-0.3, -0.25) is 4.79 Å². The summed E-state index contributed by atoms with van der Waals surface area (Å²) in [4.78, 5) is 31.6. The number of nitrogens with zero attached hydrogens (tertiary/aromatic N) is 2. The predicted molar refractivity (Wildman–Crippen MR) is 100 cm³/mol. The topological polar surface area (TPSA) is 77.4 Å². The van der Waals surface area contributed by atoms with Crippen LogP contribution < -0.4 is 0 Å². The number of carbonyl (C=O) groups is 2. The highest BCUT2D eigenvalue weighted by molar-refractivity contribution is 5.88. The van der Waals surface area contributed by atoms with Gasteiger partial charge in [0.15, 0.2) is 0 Å². The first-order valence-corrected chi connectivity index (χ1v) is 10.0. The average Bonchev–Trinajstić information content (AvgIpc) is 3.04. The molecule has 2 aliphatic heterocycles. The highest BCUT2D eigenvalue weighted by Gasteiger charge is 2.45. The number of rotatable bonds is 2. The largest absolute Gasteiger partial charge is 0.469 e. The lowest BCUT2D eigenvalue weighted by Gasteiger charge is -2.38. The Kier molecular flexibility index (Phi) is 5.68. The summed E-state index contributed by atoms with van der Waals surface area (Å²) in [7, 11) is 1.46. The van der Waals surface area contributed by atoms with Gasteiger partial charge >= 0.3 is 12.1 Å². The molecule has 1 amide bonds. The van der Waals surface area contributed by atoms with E-state index in [-0.39, 0.29) is 23.6 Å². The number of likely N-dealkylation sites (tertiary alicyclic amines) is 1. The first kappa shape index (κ1) is 20.0. The van der Waals surface area contributed by atoms with Crippen molar-refractivity contribution in [3.8, 4) is 0 Å². The van der Waals surface area contributed by atoms with E-state index in [1.807, 2.05) is 20.8 Å². The fourth-order valence-electron chi connectivity index (χ4n) is 4.29. The van der Waals surface area contributed by atoms with Crippen LogP contribution in [0.2, 0.25) is 0 Å². The molecule has 0 radical (unpaired) electrons. The van der Waals surface area contributed by atoms with Crippen LogP contribution in [0.15, 0.2) is 5.16 Å². The monoisotopic (exact) mass is 380 g/mol. The fourth-order valence-corrected chi connectivity index (χ4v) is 4.29. The van der Waals surface area contributed by atoms with Gasteiger partial charge in [-0.05, 0) is 46.5 Å². The molecule has 0 unspecified atom stereocenters. The molecule has 27 heavy (non-hydrogen) atoms. The van der Waals surface area contributed by atoms with Gasteiger partial charge in [0.25, 0.3) is 0 Å². The fraction of sp³-hybridized carbons (Fsp3) is 0.850. The lowest BCUT2D eigenvalue weighted by molar-refractivity contribution is -0.146. The molecule has 152 valence electrons. The first-order valence-electron chi connectivity index (χ1n) is 10.0. The van der Waals surface area contributed by atoms with Crippen molar-refractivity contribution >= 4 is 17.8 Å². The van der Waals surface area contributed by atoms with E-state index in [4.69, 9.17) is 14.3 Å². The molecule has 1 spiro atoms. The van der Waals surface area contributed by atoms with Crippen LogP contribution in [0, 0.1) is 11.8 Å². The van der Waals surface area contributed by atoms with Crippen molar-refractivity contribution in [2.45, 2.75) is 76.9 Å². The molecule has 1 saturated carbocycles. The average molecular weight is 380 g/mol. The summed E-state index contributed by atoms with van der Waals surface area (Å²) >= 11 is 0. The Bertz CT molecular complexity index is 594. The zero-order chi connectivity index (χ0) is 19.7. The van der Waals surface area contributed by atoms with Crippen molar-refractivity contribution in [2.24, 2.45) is 17.0 Å². The van der Waals surface area contributed by atoms with Crippen molar-refractivity contribution in [2.75, 3.05) is 20.2 Å². The van der Waals surface area contributed by atoms with Gasteiger partial charge < -0.3 is 19.2 Å². The summed E-state index contributed by atoms with van der Waals surface area (Å²) in [6, 6.07) is 0. The van der Waals surface area contributed by atoms with Crippen LogP contribution in [0.5, 0.6) is 0 Å². The zero-order valence-corrected chi connectivity index (χ0v) is 17.0. The van der Waals surface area contributed by atoms with Gasteiger partial charge in [0.2, 0.25) is 0 Å². The lowest BCUT2D eigenvalue weighted by Crippen LogP contribution is -2.48. The van der Waals surface area contributed by atoms with E-state index in [2.05, 4.69) is 5.16 Å². The van der Waals surface area contributed by atoms with E-state index < -0.39 is 5.60 Å². The summed E-state index contributed by atoms with van der Waals surface area (Å²) in [5.41, 5.74) is 0.381. The number of hydrogen-bond acceptors (Lipinski definition) is 6. The van der Waals surface area contributed by atoms with Crippen molar-refractivity contribution in [1.82, 2.24) is 4.90 Å². The number of methoxy groups -OCH3 is 1. The van der Waals surface area contributed by atoms with E-state index in [1.54, 1.807) is 4.90 Å². The summed E-state index contributed by atoms with van der Waals surface area (Å²) in [5.74, 6) is 0.332. The Hall–Kier alpha value is -1.79. The second-order valence-electron chi connectivity index (χ2n) is 9.07. The molecule has 7 nitrogen and oxygen atoms in total. The van der Waals surface area contributed by atoms with Gasteiger partial charge in [0.05, 0.1) is 18.7 Å². The summed E-state index contributed by atoms with van der Waals surface area (Å²) in [6.07, 6.45) is 5.77. The summed E-state index contributed by atoms with van der Waals surface area (Å²) in [6.45, 7) is 6.90. The van der Waals surface area contributed by atoms with Gasteiger partial charge in [-0.25, -0.2) is 4.79 Å². The second kappa shape index (κ2) is 7.68. The third kappa shape index (κ3) is 4.74. The Balaban J connectivity index is 1.47. The quantitative estimate of drug-likeness (QED) is 0.685. The van der Waals surface area contributed by atoms with E-state index in [0.717, 1.165) is 50.7 Å². The maximum absolute atomic E-state index is 12.2. The standard InChI is InChI=1S/C20H32N2O5/c1-19(2,3)26-18(24)22-11-9-20(10-12-22)13-16(21-27-20)14-5-7-15(8-6-14)17(23)25-4/h14-15H,5-13H2,1-4H3. The predicted octanol–water partition coefficient (Wildman–Crippen LogP) is 3.51. The maximum Gasteiger partial charge on any atom is 0.410 e. The Morgan fingerprint density at radius 2 is 1.78 bits per heavy atom. The normalized spacial score (nSPS) is 27.7. The highest BCUT2D eigenvalue weighted by atomic mass is 16.7. The minimum absolute atomic E-state index is 0.0280. The van der Waals surface area contributed by atoms with Crippen LogP contribution in [0.25, 0.3) is 0 Å². The van der Waals surface area contributed by atoms with Gasteiger partial charge in [-0.1, -0.05) is 5.16 Å². The maximum atomic E-state index is 12.2. The molecule has 1 saturated heterocycles. The third-order valence-corrected chi connectivity index (χ3v) is 5.92. The zero-order valence-electron chi connectivity index (χ0n) is 17.0. The van der Waals surface area contributed by atoms with Crippen LogP contribution in [0.3, 0.4) is 0 Å². The summed E-state index contributed by atoms with van der Waals surface area (Å²) < 4.78 is 10.3. The molecule has 2 heterocycles. The molecular formula is C20H32N2O5. The van der Waals surface area contributed by atoms with E-state index >= 15 is 0 Å². The molecule has 2 fully saturated rings. The van der Waals surface area contributed by atoms with Crippen molar-refractivity contribution in [3.05, 3.63) is 0 Å². The van der Waals surface area contributed by atoms with Gasteiger partial charge in [-0.2, -0.15) is 0 Å². The van der Waals surface area contributed by atoms with E-state index in [0.29, 0.717) is 19.0 Å². The first-order chi connectivity index (χ1) is 12.7. The van der Waals surface area contributed by atoms with E-state index in [1.165, 1.54) is 7.11 Å². The van der Waals surface area contributed by atoms with Crippen LogP contribution in [-0.4, -0.2) is 54.1 Å². The molecule has 0 bridgehead atoms. The molecule has 3 rings (SSSR count). The molecule has 3 aliphatic rings. The number of piperidine rings is 1. The third-order valence-electron chi connectivity index (χ3n) is 5.92. The Morgan fingerprint density at radius 1 is 1.15 bits per heavy atom. The summed E-state index contributed by atoms with van der Waals surface area (Å²) in [5, 5.41) is 4.42. The van der Waals surface area contributed by atoms with Crippen molar-refractivity contribution in [1.29, 1.82) is 0 Å². The molecule has 0 aromatic carbocycles. The number of esters is 1. The molecular weight excluding hydrogens is 348 g/mol. The number of amides is 1. The number of hydrogen-bond donors (Lipinski definition) is 0. The molecule has 1 aliphatic carbocycles. The van der Waals surface area contributed by atoms with Gasteiger partial charge in [0.1, 0.15) is 11.2 Å². The Labute approximate surface area is 161 Å². The highest BCUT2D eigenvalue weighted by Crippen LogP contribution is 2.40. The lowest BCUT2D eigenvalue weighted by atomic mass is 9.76. The van der Waals surface area contributed by atoms with Crippen LogP contribution in [0.4, 0.5) is 4.79 Å². The molecule has 0 N–H and O–H groups in total. The van der Waals surface area contributed by atoms with Crippen molar-refractivity contribution in [3.63, 3.8) is 0 Å². The minimum Gasteiger partial charge on any atom is -0.469 e. The second-order valence-corrected chi connectivity index (χ2v) is 9.07. The van der Waals surface area contributed by atoms with Gasteiger partial charge in [0, 0.05) is 38.3 Å². The number of oxime groups is 1. The van der Waals surface area contributed by atoms with Crippen LogP contribution in [0.1, 0.15) is 65.7 Å². The number of carbonyl (C=O) groups excluding carboxylic acids is 2. The van der Waals surface area contributed by atoms with Gasteiger partial charge in [-0.15, -0.1) is 0 Å².